The first-order chi connectivity index (χ1) is 4.36. The second-order valence-corrected chi connectivity index (χ2v) is 3.21. The van der Waals surface area contributed by atoms with Crippen molar-refractivity contribution in [3.63, 3.8) is 0 Å². The van der Waals surface area contributed by atoms with Gasteiger partial charge in [0.05, 0.1) is 6.10 Å². The summed E-state index contributed by atoms with van der Waals surface area (Å²) in [6.45, 7) is 0. The van der Waals surface area contributed by atoms with Gasteiger partial charge in [0, 0.05) is 0 Å². The van der Waals surface area contributed by atoms with Gasteiger partial charge in [0.25, 0.3) is 0 Å². The molecule has 0 aromatic heterocycles. The molecule has 0 saturated heterocycles. The van der Waals surface area contributed by atoms with Gasteiger partial charge in [0.2, 0.25) is 0 Å². The maximum Gasteiger partial charge on any atom is 0.0749 e. The minimum atomic E-state index is -0.122. The molecule has 0 aliphatic heterocycles. The molecule has 0 amide bonds. The summed E-state index contributed by atoms with van der Waals surface area (Å²) in [6, 6.07) is 0. The summed E-state index contributed by atoms with van der Waals surface area (Å²) in [5.74, 6) is 1.40. The lowest BCUT2D eigenvalue weighted by Gasteiger charge is -2.17. The van der Waals surface area contributed by atoms with Crippen LogP contribution >= 0.6 is 0 Å². The summed E-state index contributed by atoms with van der Waals surface area (Å²) < 4.78 is 0. The Morgan fingerprint density at radius 2 is 2.11 bits per heavy atom. The summed E-state index contributed by atoms with van der Waals surface area (Å²) in [4.78, 5) is 0. The van der Waals surface area contributed by atoms with E-state index < -0.39 is 0 Å². The van der Waals surface area contributed by atoms with Gasteiger partial charge in [-0.1, -0.05) is 12.2 Å². The highest BCUT2D eigenvalue weighted by atomic mass is 16.3. The van der Waals surface area contributed by atoms with Gasteiger partial charge in [-0.05, 0) is 31.1 Å². The van der Waals surface area contributed by atoms with Gasteiger partial charge in [-0.15, -0.1) is 0 Å². The average molecular weight is 124 g/mol. The van der Waals surface area contributed by atoms with E-state index in [1.807, 2.05) is 6.08 Å². The van der Waals surface area contributed by atoms with Crippen molar-refractivity contribution >= 4 is 0 Å². The zero-order valence-electron chi connectivity index (χ0n) is 5.46. The Hall–Kier alpha value is -0.300. The van der Waals surface area contributed by atoms with Crippen molar-refractivity contribution in [2.24, 2.45) is 11.8 Å². The van der Waals surface area contributed by atoms with Crippen LogP contribution in [0.5, 0.6) is 0 Å². The van der Waals surface area contributed by atoms with Crippen LogP contribution < -0.4 is 0 Å². The molecular weight excluding hydrogens is 112 g/mol. The molecule has 50 valence electrons. The lowest BCUT2D eigenvalue weighted by molar-refractivity contribution is 0.149. The van der Waals surface area contributed by atoms with E-state index in [1.54, 1.807) is 0 Å². The number of aliphatic hydroxyl groups is 1. The standard InChI is InChI=1S/C8H12O/c9-8-4-2-6-1-3-7(8)5-6/h2,4,6-9H,1,3,5H2/t6-,7-,8-/m1/s1. The Balaban J connectivity index is 2.19. The highest BCUT2D eigenvalue weighted by Crippen LogP contribution is 2.37. The zero-order valence-corrected chi connectivity index (χ0v) is 5.46. The molecule has 2 aliphatic carbocycles. The maximum absolute atomic E-state index is 9.31. The Bertz CT molecular complexity index is 140. The van der Waals surface area contributed by atoms with Crippen LogP contribution in [-0.2, 0) is 0 Å². The predicted molar refractivity (Wildman–Crippen MR) is 36.0 cm³/mol. The van der Waals surface area contributed by atoms with E-state index >= 15 is 0 Å². The summed E-state index contributed by atoms with van der Waals surface area (Å²) in [7, 11) is 0. The van der Waals surface area contributed by atoms with Crippen LogP contribution in [0.2, 0.25) is 0 Å². The second-order valence-electron chi connectivity index (χ2n) is 3.21. The van der Waals surface area contributed by atoms with E-state index in [-0.39, 0.29) is 6.10 Å². The van der Waals surface area contributed by atoms with Crippen molar-refractivity contribution in [1.29, 1.82) is 0 Å². The van der Waals surface area contributed by atoms with Gasteiger partial charge in [0.1, 0.15) is 0 Å². The van der Waals surface area contributed by atoms with E-state index in [4.69, 9.17) is 0 Å². The number of hydrogen-bond donors (Lipinski definition) is 1. The van der Waals surface area contributed by atoms with Gasteiger partial charge in [0.15, 0.2) is 0 Å². The third-order valence-electron chi connectivity index (χ3n) is 2.58. The molecule has 0 unspecified atom stereocenters. The van der Waals surface area contributed by atoms with Crippen LogP contribution in [0.25, 0.3) is 0 Å². The molecule has 9 heavy (non-hydrogen) atoms. The minimum Gasteiger partial charge on any atom is -0.389 e. The number of aliphatic hydroxyl groups excluding tert-OH is 1. The molecule has 2 rings (SSSR count). The Kier molecular flexibility index (Phi) is 1.12. The number of fused-ring (bicyclic) bond motifs is 2. The molecule has 1 heteroatoms. The van der Waals surface area contributed by atoms with E-state index in [0.29, 0.717) is 5.92 Å². The molecule has 1 N–H and O–H groups in total. The number of hydrogen-bond acceptors (Lipinski definition) is 1. The van der Waals surface area contributed by atoms with Gasteiger partial charge in [-0.3, -0.25) is 0 Å². The second kappa shape index (κ2) is 1.84. The van der Waals surface area contributed by atoms with Crippen molar-refractivity contribution in [3.8, 4) is 0 Å². The first-order valence-corrected chi connectivity index (χ1v) is 3.72. The van der Waals surface area contributed by atoms with E-state index in [1.165, 1.54) is 19.3 Å². The maximum atomic E-state index is 9.31. The molecule has 0 aromatic rings. The lowest BCUT2D eigenvalue weighted by Crippen LogP contribution is -2.17. The fourth-order valence-corrected chi connectivity index (χ4v) is 1.97. The van der Waals surface area contributed by atoms with Gasteiger partial charge < -0.3 is 5.11 Å². The quantitative estimate of drug-likeness (QED) is 0.483. The summed E-state index contributed by atoms with van der Waals surface area (Å²) >= 11 is 0. The fraction of sp³-hybridized carbons (Fsp3) is 0.750. The predicted octanol–water partition coefficient (Wildman–Crippen LogP) is 1.33. The molecule has 0 spiro atoms. The topological polar surface area (TPSA) is 20.2 Å². The monoisotopic (exact) mass is 124 g/mol. The van der Waals surface area contributed by atoms with Crippen LogP contribution in [0.3, 0.4) is 0 Å². The molecule has 1 fully saturated rings. The van der Waals surface area contributed by atoms with Crippen LogP contribution in [0, 0.1) is 11.8 Å². The van der Waals surface area contributed by atoms with Gasteiger partial charge >= 0.3 is 0 Å². The molecule has 0 radical (unpaired) electrons. The van der Waals surface area contributed by atoms with E-state index in [0.717, 1.165) is 5.92 Å². The molecule has 1 saturated carbocycles. The highest BCUT2D eigenvalue weighted by Gasteiger charge is 2.30. The molecule has 3 atom stereocenters. The van der Waals surface area contributed by atoms with Gasteiger partial charge in [-0.25, -0.2) is 0 Å². The average Bonchev–Trinajstić information content (AvgIpc) is 2.25. The summed E-state index contributed by atoms with van der Waals surface area (Å²) in [5.41, 5.74) is 0. The van der Waals surface area contributed by atoms with Crippen molar-refractivity contribution in [2.75, 3.05) is 0 Å². The minimum absolute atomic E-state index is 0.122. The Labute approximate surface area is 55.4 Å². The SMILES string of the molecule is O[C@@H]1C=C[C@H]2CC[C@@H]1C2. The number of rotatable bonds is 0. The third-order valence-corrected chi connectivity index (χ3v) is 2.58. The molecule has 2 aliphatic rings. The van der Waals surface area contributed by atoms with Crippen LogP contribution in [0.15, 0.2) is 12.2 Å². The number of allylic oxidation sites excluding steroid dienone is 1. The first kappa shape index (κ1) is 5.48. The fourth-order valence-electron chi connectivity index (χ4n) is 1.97. The molecule has 0 aromatic carbocycles. The molecule has 2 bridgehead atoms. The Morgan fingerprint density at radius 1 is 1.22 bits per heavy atom. The Morgan fingerprint density at radius 3 is 2.89 bits per heavy atom. The normalized spacial score (nSPS) is 47.9. The largest absolute Gasteiger partial charge is 0.389 e. The van der Waals surface area contributed by atoms with Crippen molar-refractivity contribution in [2.45, 2.75) is 25.4 Å². The van der Waals surface area contributed by atoms with Gasteiger partial charge in [-0.2, -0.15) is 0 Å². The van der Waals surface area contributed by atoms with Crippen molar-refractivity contribution in [3.05, 3.63) is 12.2 Å². The van der Waals surface area contributed by atoms with Crippen LogP contribution in [0.4, 0.5) is 0 Å². The highest BCUT2D eigenvalue weighted by molar-refractivity contribution is 5.05. The first-order valence-electron chi connectivity index (χ1n) is 3.72. The van der Waals surface area contributed by atoms with Crippen LogP contribution in [0.1, 0.15) is 19.3 Å². The smallest absolute Gasteiger partial charge is 0.0749 e. The zero-order chi connectivity index (χ0) is 6.27. The third kappa shape index (κ3) is 0.799. The molecular formula is C8H12O. The summed E-state index contributed by atoms with van der Waals surface area (Å²) in [6.07, 6.45) is 7.79. The van der Waals surface area contributed by atoms with E-state index in [2.05, 4.69) is 6.08 Å². The van der Waals surface area contributed by atoms with Crippen LogP contribution in [-0.4, -0.2) is 11.2 Å². The molecule has 1 nitrogen and oxygen atoms in total. The van der Waals surface area contributed by atoms with Crippen molar-refractivity contribution in [1.82, 2.24) is 0 Å². The lowest BCUT2D eigenvalue weighted by atomic mass is 9.93. The van der Waals surface area contributed by atoms with Crippen molar-refractivity contribution < 1.29 is 5.11 Å². The summed E-state index contributed by atoms with van der Waals surface area (Å²) in [5, 5.41) is 9.31. The van der Waals surface area contributed by atoms with E-state index in [9.17, 15) is 5.11 Å². The molecule has 0 heterocycles.